The minimum Gasteiger partial charge on any atom is -0.294 e. The Kier molecular flexibility index (Phi) is 4.96. The fourth-order valence-corrected chi connectivity index (χ4v) is 4.50. The predicted molar refractivity (Wildman–Crippen MR) is 88.6 cm³/mol. The molecule has 1 aliphatic rings. The van der Waals surface area contributed by atoms with Crippen molar-refractivity contribution in [2.45, 2.75) is 17.7 Å². The molecule has 4 nitrogen and oxygen atoms in total. The van der Waals surface area contributed by atoms with Crippen molar-refractivity contribution in [2.75, 3.05) is 13.1 Å². The van der Waals surface area contributed by atoms with Crippen LogP contribution >= 0.6 is 0 Å². The van der Waals surface area contributed by atoms with Crippen LogP contribution in [0.2, 0.25) is 0 Å². The van der Waals surface area contributed by atoms with Gasteiger partial charge in [-0.2, -0.15) is 4.31 Å². The summed E-state index contributed by atoms with van der Waals surface area (Å²) in [5.41, 5.74) is 0.368. The molecule has 3 rings (SSSR count). The first kappa shape index (κ1) is 17.7. The fraction of sp³-hybridized carbons (Fsp3) is 0.278. The Morgan fingerprint density at radius 3 is 2.12 bits per heavy atom. The summed E-state index contributed by atoms with van der Waals surface area (Å²) in [7, 11) is -3.78. The second-order valence-electron chi connectivity index (χ2n) is 6.03. The molecular weight excluding hydrogens is 348 g/mol. The van der Waals surface area contributed by atoms with Gasteiger partial charge in [0.2, 0.25) is 10.0 Å². The molecule has 1 heterocycles. The molecule has 2 aromatic carbocycles. The summed E-state index contributed by atoms with van der Waals surface area (Å²) in [6.45, 7) is 0.378. The first-order chi connectivity index (χ1) is 11.9. The molecule has 1 aliphatic heterocycles. The molecule has 0 bridgehead atoms. The van der Waals surface area contributed by atoms with Crippen molar-refractivity contribution in [3.8, 4) is 0 Å². The molecule has 0 unspecified atom stereocenters. The number of ketones is 1. The smallest absolute Gasteiger partial charge is 0.243 e. The maximum absolute atomic E-state index is 13.0. The first-order valence-electron chi connectivity index (χ1n) is 7.93. The summed E-state index contributed by atoms with van der Waals surface area (Å²) in [5, 5.41) is 0. The van der Waals surface area contributed by atoms with E-state index in [1.165, 1.54) is 40.7 Å². The Balaban J connectivity index is 1.79. The molecular formula is C18H17F2NO3S. The molecule has 2 aromatic rings. The van der Waals surface area contributed by atoms with Gasteiger partial charge in [0, 0.05) is 24.6 Å². The van der Waals surface area contributed by atoms with Gasteiger partial charge < -0.3 is 0 Å². The average Bonchev–Trinajstić information content (AvgIpc) is 2.62. The Labute approximate surface area is 145 Å². The minimum atomic E-state index is -3.78. The number of Topliss-reactive ketones (excluding diaryl/α,β-unsaturated/α-hetero) is 1. The van der Waals surface area contributed by atoms with E-state index in [1.807, 2.05) is 0 Å². The fourth-order valence-electron chi connectivity index (χ4n) is 2.98. The lowest BCUT2D eigenvalue weighted by Gasteiger charge is -2.31. The van der Waals surface area contributed by atoms with E-state index in [4.69, 9.17) is 0 Å². The van der Waals surface area contributed by atoms with Gasteiger partial charge in [0.15, 0.2) is 5.78 Å². The average molecular weight is 365 g/mol. The van der Waals surface area contributed by atoms with Gasteiger partial charge in [0.25, 0.3) is 0 Å². The van der Waals surface area contributed by atoms with E-state index in [9.17, 15) is 22.0 Å². The predicted octanol–water partition coefficient (Wildman–Crippen LogP) is 3.25. The summed E-state index contributed by atoms with van der Waals surface area (Å²) in [6, 6.07) is 9.87. The first-order valence-corrected chi connectivity index (χ1v) is 9.37. The largest absolute Gasteiger partial charge is 0.294 e. The number of carbonyl (C=O) groups excluding carboxylic acids is 1. The highest BCUT2D eigenvalue weighted by Crippen LogP contribution is 2.26. The van der Waals surface area contributed by atoms with Crippen molar-refractivity contribution < 1.29 is 22.0 Å². The molecule has 0 radical (unpaired) electrons. The van der Waals surface area contributed by atoms with Crippen LogP contribution in [-0.4, -0.2) is 31.6 Å². The van der Waals surface area contributed by atoms with E-state index in [0.717, 1.165) is 12.1 Å². The molecule has 0 amide bonds. The zero-order chi connectivity index (χ0) is 18.0. The normalized spacial score (nSPS) is 18.9. The second-order valence-corrected chi connectivity index (χ2v) is 7.97. The number of rotatable bonds is 4. The maximum atomic E-state index is 13.0. The highest BCUT2D eigenvalue weighted by molar-refractivity contribution is 7.89. The van der Waals surface area contributed by atoms with Gasteiger partial charge in [-0.3, -0.25) is 4.79 Å². The third-order valence-corrected chi connectivity index (χ3v) is 6.21. The molecule has 7 heteroatoms. The summed E-state index contributed by atoms with van der Waals surface area (Å²) in [4.78, 5) is 12.6. The van der Waals surface area contributed by atoms with Gasteiger partial charge >= 0.3 is 0 Å². The summed E-state index contributed by atoms with van der Waals surface area (Å²) >= 11 is 0. The molecule has 0 aliphatic carbocycles. The van der Waals surface area contributed by atoms with E-state index >= 15 is 0 Å². The second kappa shape index (κ2) is 7.01. The highest BCUT2D eigenvalue weighted by Gasteiger charge is 2.33. The van der Waals surface area contributed by atoms with Crippen molar-refractivity contribution in [3.05, 3.63) is 65.7 Å². The van der Waals surface area contributed by atoms with Crippen LogP contribution in [0.5, 0.6) is 0 Å². The summed E-state index contributed by atoms with van der Waals surface area (Å²) < 4.78 is 52.7. The number of hydrogen-bond donors (Lipinski definition) is 0. The van der Waals surface area contributed by atoms with E-state index in [2.05, 4.69) is 0 Å². The zero-order valence-electron chi connectivity index (χ0n) is 13.4. The number of hydrogen-bond acceptors (Lipinski definition) is 3. The number of piperidine rings is 1. The summed E-state index contributed by atoms with van der Waals surface area (Å²) in [5.74, 6) is -1.61. The molecule has 1 fully saturated rings. The molecule has 1 saturated heterocycles. The number of nitrogens with zero attached hydrogens (tertiary/aromatic N) is 1. The molecule has 0 saturated carbocycles. The third kappa shape index (κ3) is 3.77. The lowest BCUT2D eigenvalue weighted by atomic mass is 9.91. The quantitative estimate of drug-likeness (QED) is 0.782. The van der Waals surface area contributed by atoms with Crippen LogP contribution in [0.4, 0.5) is 8.78 Å². The molecule has 0 aromatic heterocycles. The van der Waals surface area contributed by atoms with Crippen molar-refractivity contribution in [3.63, 3.8) is 0 Å². The van der Waals surface area contributed by atoms with Crippen LogP contribution in [0, 0.1) is 17.6 Å². The van der Waals surface area contributed by atoms with Gasteiger partial charge in [-0.05, 0) is 61.4 Å². The van der Waals surface area contributed by atoms with Crippen LogP contribution in [0.1, 0.15) is 23.2 Å². The van der Waals surface area contributed by atoms with Crippen LogP contribution in [0.25, 0.3) is 0 Å². The zero-order valence-corrected chi connectivity index (χ0v) is 14.2. The van der Waals surface area contributed by atoms with E-state index < -0.39 is 27.6 Å². The van der Waals surface area contributed by atoms with Crippen LogP contribution in [-0.2, 0) is 10.0 Å². The van der Waals surface area contributed by atoms with Gasteiger partial charge in [-0.1, -0.05) is 0 Å². The number of halogens is 2. The molecule has 25 heavy (non-hydrogen) atoms. The van der Waals surface area contributed by atoms with Crippen molar-refractivity contribution >= 4 is 15.8 Å². The Morgan fingerprint density at radius 1 is 0.960 bits per heavy atom. The van der Waals surface area contributed by atoms with Crippen LogP contribution in [0.15, 0.2) is 53.4 Å². The van der Waals surface area contributed by atoms with E-state index in [0.29, 0.717) is 24.9 Å². The van der Waals surface area contributed by atoms with Crippen molar-refractivity contribution in [2.24, 2.45) is 5.92 Å². The monoisotopic (exact) mass is 365 g/mol. The molecule has 1 atom stereocenters. The number of carbonyl (C=O) groups is 1. The standard InChI is InChI=1S/C18H17F2NO3S/c19-15-5-3-13(4-6-15)18(22)14-2-1-11-21(12-14)25(23,24)17-9-7-16(20)8-10-17/h3-10,14H,1-2,11-12H2/t14-/m0/s1. The highest BCUT2D eigenvalue weighted by atomic mass is 32.2. The number of benzene rings is 2. The van der Waals surface area contributed by atoms with Gasteiger partial charge in [0.1, 0.15) is 11.6 Å². The third-order valence-electron chi connectivity index (χ3n) is 4.34. The van der Waals surface area contributed by atoms with Gasteiger partial charge in [-0.25, -0.2) is 17.2 Å². The lowest BCUT2D eigenvalue weighted by Crippen LogP contribution is -2.42. The minimum absolute atomic E-state index is 0.00350. The Hall–Kier alpha value is -2.12. The SMILES string of the molecule is O=C(c1ccc(F)cc1)[C@H]1CCCN(S(=O)(=O)c2ccc(F)cc2)C1. The van der Waals surface area contributed by atoms with E-state index in [-0.39, 0.29) is 17.2 Å². The summed E-state index contributed by atoms with van der Waals surface area (Å²) in [6.07, 6.45) is 1.13. The lowest BCUT2D eigenvalue weighted by molar-refractivity contribution is 0.0872. The molecule has 132 valence electrons. The van der Waals surface area contributed by atoms with Crippen LogP contribution in [0.3, 0.4) is 0 Å². The Bertz CT molecular complexity index is 864. The molecule has 0 N–H and O–H groups in total. The van der Waals surface area contributed by atoms with E-state index in [1.54, 1.807) is 0 Å². The van der Waals surface area contributed by atoms with Crippen LogP contribution < -0.4 is 0 Å². The van der Waals surface area contributed by atoms with Crippen molar-refractivity contribution in [1.82, 2.24) is 4.31 Å². The maximum Gasteiger partial charge on any atom is 0.243 e. The number of sulfonamides is 1. The topological polar surface area (TPSA) is 54.5 Å². The van der Waals surface area contributed by atoms with Gasteiger partial charge in [0.05, 0.1) is 4.90 Å². The van der Waals surface area contributed by atoms with Gasteiger partial charge in [-0.15, -0.1) is 0 Å². The Morgan fingerprint density at radius 2 is 1.52 bits per heavy atom. The van der Waals surface area contributed by atoms with Crippen molar-refractivity contribution in [1.29, 1.82) is 0 Å². The molecule has 0 spiro atoms.